The Hall–Kier alpha value is -1.68. The number of carbonyl (C=O) groups is 1. The lowest BCUT2D eigenvalue weighted by Gasteiger charge is -2.36. The standard InChI is InChI=1S/C19H24BrN3O4S/c1-14(23-11-9-22(2)10-12-23)13-21-19(24)17-7-8-18(27-17)28(25,26)16-5-3-15(20)4-6-16/h3-8,14H,9-13H2,1-2H3,(H,21,24)/t14-/m0/s1. The first-order valence-corrected chi connectivity index (χ1v) is 11.4. The van der Waals surface area contributed by atoms with Crippen molar-refractivity contribution in [2.45, 2.75) is 23.0 Å². The summed E-state index contributed by atoms with van der Waals surface area (Å²) < 4.78 is 31.4. The molecular weight excluding hydrogens is 446 g/mol. The monoisotopic (exact) mass is 469 g/mol. The van der Waals surface area contributed by atoms with Crippen LogP contribution >= 0.6 is 15.9 Å². The van der Waals surface area contributed by atoms with Crippen LogP contribution in [-0.2, 0) is 9.84 Å². The fraction of sp³-hybridized carbons (Fsp3) is 0.421. The number of likely N-dealkylation sites (N-methyl/N-ethyl adjacent to an activating group) is 1. The lowest BCUT2D eigenvalue weighted by molar-refractivity contribution is 0.0874. The summed E-state index contributed by atoms with van der Waals surface area (Å²) in [5, 5.41) is 2.59. The van der Waals surface area contributed by atoms with Crippen LogP contribution in [0.25, 0.3) is 0 Å². The van der Waals surface area contributed by atoms with Crippen LogP contribution in [0.4, 0.5) is 0 Å². The number of hydrogen-bond donors (Lipinski definition) is 1. The number of nitrogens with one attached hydrogen (secondary N) is 1. The SMILES string of the molecule is C[C@@H](CNC(=O)c1ccc(S(=O)(=O)c2ccc(Br)cc2)o1)N1CCN(C)CC1. The van der Waals surface area contributed by atoms with Gasteiger partial charge in [-0.1, -0.05) is 15.9 Å². The zero-order chi connectivity index (χ0) is 20.3. The van der Waals surface area contributed by atoms with E-state index in [0.717, 1.165) is 30.7 Å². The van der Waals surface area contributed by atoms with Crippen LogP contribution in [0.2, 0.25) is 0 Å². The van der Waals surface area contributed by atoms with E-state index >= 15 is 0 Å². The quantitative estimate of drug-likeness (QED) is 0.698. The number of amides is 1. The first-order valence-electron chi connectivity index (χ1n) is 9.08. The van der Waals surface area contributed by atoms with Crippen LogP contribution in [0, 0.1) is 0 Å². The van der Waals surface area contributed by atoms with Gasteiger partial charge in [0.25, 0.3) is 5.91 Å². The molecule has 0 saturated carbocycles. The molecule has 1 aromatic carbocycles. The molecule has 9 heteroatoms. The maximum Gasteiger partial charge on any atom is 0.287 e. The molecule has 0 bridgehead atoms. The number of piperazine rings is 1. The van der Waals surface area contributed by atoms with E-state index in [4.69, 9.17) is 4.42 Å². The molecular formula is C19H24BrN3O4S. The Labute approximate surface area is 173 Å². The molecule has 2 heterocycles. The smallest absolute Gasteiger partial charge is 0.287 e. The lowest BCUT2D eigenvalue weighted by Crippen LogP contribution is -2.51. The summed E-state index contributed by atoms with van der Waals surface area (Å²) >= 11 is 3.28. The third-order valence-electron chi connectivity index (χ3n) is 4.91. The summed E-state index contributed by atoms with van der Waals surface area (Å²) in [5.41, 5.74) is 0. The number of nitrogens with zero attached hydrogens (tertiary/aromatic N) is 2. The highest BCUT2D eigenvalue weighted by Gasteiger charge is 2.24. The summed E-state index contributed by atoms with van der Waals surface area (Å²) in [6.07, 6.45) is 0. The maximum absolute atomic E-state index is 12.6. The zero-order valence-electron chi connectivity index (χ0n) is 15.9. The Kier molecular flexibility index (Phi) is 6.59. The summed E-state index contributed by atoms with van der Waals surface area (Å²) in [4.78, 5) is 17.1. The van der Waals surface area contributed by atoms with E-state index in [0.29, 0.717) is 6.54 Å². The van der Waals surface area contributed by atoms with Crippen LogP contribution in [0.1, 0.15) is 17.5 Å². The molecule has 2 aromatic rings. The van der Waals surface area contributed by atoms with Crippen LogP contribution < -0.4 is 5.32 Å². The average molecular weight is 470 g/mol. The number of benzene rings is 1. The van der Waals surface area contributed by atoms with E-state index in [1.54, 1.807) is 12.1 Å². The van der Waals surface area contributed by atoms with Crippen molar-refractivity contribution in [3.8, 4) is 0 Å². The first-order chi connectivity index (χ1) is 13.3. The van der Waals surface area contributed by atoms with Crippen molar-refractivity contribution in [2.24, 2.45) is 0 Å². The van der Waals surface area contributed by atoms with Gasteiger partial charge in [0.2, 0.25) is 14.9 Å². The normalized spacial score (nSPS) is 17.4. The Balaban J connectivity index is 1.61. The second-order valence-corrected chi connectivity index (χ2v) is 9.77. The van der Waals surface area contributed by atoms with Crippen LogP contribution in [0.5, 0.6) is 0 Å². The van der Waals surface area contributed by atoms with E-state index in [9.17, 15) is 13.2 Å². The van der Waals surface area contributed by atoms with Gasteiger partial charge in [-0.2, -0.15) is 0 Å². The summed E-state index contributed by atoms with van der Waals surface area (Å²) in [6.45, 7) is 6.48. The minimum absolute atomic E-state index is 0.0127. The fourth-order valence-electron chi connectivity index (χ4n) is 3.04. The van der Waals surface area contributed by atoms with E-state index in [2.05, 4.69) is 45.0 Å². The van der Waals surface area contributed by atoms with Gasteiger partial charge in [-0.3, -0.25) is 9.69 Å². The molecule has 1 aromatic heterocycles. The van der Waals surface area contributed by atoms with Gasteiger partial charge in [-0.05, 0) is 50.4 Å². The number of furan rings is 1. The number of carbonyl (C=O) groups excluding carboxylic acids is 1. The van der Waals surface area contributed by atoms with Gasteiger partial charge >= 0.3 is 0 Å². The lowest BCUT2D eigenvalue weighted by atomic mass is 10.2. The molecule has 3 rings (SSSR count). The third-order valence-corrected chi connectivity index (χ3v) is 7.08. The molecule has 0 radical (unpaired) electrons. The van der Waals surface area contributed by atoms with Gasteiger partial charge in [0.1, 0.15) is 0 Å². The molecule has 152 valence electrons. The van der Waals surface area contributed by atoms with Crippen molar-refractivity contribution in [1.82, 2.24) is 15.1 Å². The molecule has 0 unspecified atom stereocenters. The Bertz CT molecular complexity index is 919. The minimum Gasteiger partial charge on any atom is -0.439 e. The average Bonchev–Trinajstić information content (AvgIpc) is 3.18. The zero-order valence-corrected chi connectivity index (χ0v) is 18.3. The molecule has 0 aliphatic carbocycles. The fourth-order valence-corrected chi connectivity index (χ4v) is 4.47. The van der Waals surface area contributed by atoms with Crippen molar-refractivity contribution in [3.63, 3.8) is 0 Å². The number of hydrogen-bond acceptors (Lipinski definition) is 6. The molecule has 1 atom stereocenters. The Morgan fingerprint density at radius 3 is 2.43 bits per heavy atom. The minimum atomic E-state index is -3.80. The molecule has 1 aliphatic rings. The largest absolute Gasteiger partial charge is 0.439 e. The second kappa shape index (κ2) is 8.77. The molecule has 28 heavy (non-hydrogen) atoms. The molecule has 1 amide bonds. The Morgan fingerprint density at radius 2 is 1.79 bits per heavy atom. The predicted octanol–water partition coefficient (Wildman–Crippen LogP) is 2.24. The molecule has 7 nitrogen and oxygen atoms in total. The predicted molar refractivity (Wildman–Crippen MR) is 109 cm³/mol. The third kappa shape index (κ3) is 4.83. The van der Waals surface area contributed by atoms with Crippen LogP contribution in [0.3, 0.4) is 0 Å². The van der Waals surface area contributed by atoms with E-state index in [1.165, 1.54) is 24.3 Å². The molecule has 1 fully saturated rings. The van der Waals surface area contributed by atoms with Crippen molar-refractivity contribution in [2.75, 3.05) is 39.8 Å². The van der Waals surface area contributed by atoms with Crippen LogP contribution in [-0.4, -0.2) is 69.9 Å². The van der Waals surface area contributed by atoms with E-state index in [1.807, 2.05) is 0 Å². The number of halogens is 1. The molecule has 0 spiro atoms. The maximum atomic E-state index is 12.6. The van der Waals surface area contributed by atoms with Crippen molar-refractivity contribution in [3.05, 3.63) is 46.6 Å². The first kappa shape index (κ1) is 21.0. The number of rotatable bonds is 6. The van der Waals surface area contributed by atoms with Crippen molar-refractivity contribution < 1.29 is 17.6 Å². The van der Waals surface area contributed by atoms with Gasteiger partial charge in [-0.25, -0.2) is 8.42 Å². The molecule has 1 N–H and O–H groups in total. The van der Waals surface area contributed by atoms with E-state index < -0.39 is 15.7 Å². The topological polar surface area (TPSA) is 82.9 Å². The van der Waals surface area contributed by atoms with Gasteiger partial charge in [0, 0.05) is 43.2 Å². The summed E-state index contributed by atoms with van der Waals surface area (Å²) in [7, 11) is -1.70. The highest BCUT2D eigenvalue weighted by Crippen LogP contribution is 2.24. The van der Waals surface area contributed by atoms with Crippen LogP contribution in [0.15, 0.2) is 55.3 Å². The van der Waals surface area contributed by atoms with E-state index in [-0.39, 0.29) is 21.8 Å². The summed E-state index contributed by atoms with van der Waals surface area (Å²) in [5.74, 6) is -0.431. The van der Waals surface area contributed by atoms with Gasteiger partial charge in [0.05, 0.1) is 4.90 Å². The number of sulfone groups is 1. The van der Waals surface area contributed by atoms with Gasteiger partial charge < -0.3 is 14.6 Å². The second-order valence-electron chi connectivity index (χ2n) is 6.97. The van der Waals surface area contributed by atoms with Crippen molar-refractivity contribution in [1.29, 1.82) is 0 Å². The van der Waals surface area contributed by atoms with Gasteiger partial charge in [-0.15, -0.1) is 0 Å². The van der Waals surface area contributed by atoms with Crippen molar-refractivity contribution >= 4 is 31.7 Å². The van der Waals surface area contributed by atoms with Gasteiger partial charge in [0.15, 0.2) is 5.76 Å². The summed E-state index contributed by atoms with van der Waals surface area (Å²) in [6, 6.07) is 9.15. The Morgan fingerprint density at radius 1 is 1.14 bits per heavy atom. The highest BCUT2D eigenvalue weighted by atomic mass is 79.9. The highest BCUT2D eigenvalue weighted by molar-refractivity contribution is 9.10. The molecule has 1 aliphatic heterocycles. The molecule has 1 saturated heterocycles.